The minimum absolute atomic E-state index is 0.241. The van der Waals surface area contributed by atoms with Crippen LogP contribution in [0.5, 0.6) is 0 Å². The molecule has 2 rings (SSSR count). The molecule has 23 heavy (non-hydrogen) atoms. The Morgan fingerprint density at radius 2 is 2.17 bits per heavy atom. The Hall–Kier alpha value is -1.84. The summed E-state index contributed by atoms with van der Waals surface area (Å²) in [6.45, 7) is 2.27. The fraction of sp³-hybridized carbons (Fsp3) is 0.462. The Kier molecular flexibility index (Phi) is 5.45. The van der Waals surface area contributed by atoms with Crippen LogP contribution in [0.3, 0.4) is 0 Å². The summed E-state index contributed by atoms with van der Waals surface area (Å²) in [5.41, 5.74) is -0.707. The van der Waals surface area contributed by atoms with Crippen molar-refractivity contribution in [2.45, 2.75) is 32.6 Å². The van der Waals surface area contributed by atoms with Crippen LogP contribution in [0, 0.1) is 6.92 Å². The summed E-state index contributed by atoms with van der Waals surface area (Å²) >= 11 is 3.28. The lowest BCUT2D eigenvalue weighted by atomic mass is 10.3. The van der Waals surface area contributed by atoms with E-state index < -0.39 is 11.9 Å². The predicted octanol–water partition coefficient (Wildman–Crippen LogP) is 2.38. The van der Waals surface area contributed by atoms with Gasteiger partial charge in [0.05, 0.1) is 10.7 Å². The highest BCUT2D eigenvalue weighted by molar-refractivity contribution is 9.10. The molecule has 1 amide bonds. The van der Waals surface area contributed by atoms with Crippen LogP contribution >= 0.6 is 15.9 Å². The molecule has 0 aliphatic heterocycles. The van der Waals surface area contributed by atoms with Gasteiger partial charge in [-0.05, 0) is 35.3 Å². The van der Waals surface area contributed by atoms with E-state index >= 15 is 0 Å². The molecule has 126 valence electrons. The van der Waals surface area contributed by atoms with Crippen LogP contribution in [0.15, 0.2) is 22.9 Å². The maximum Gasteiger partial charge on any atom is 0.435 e. The molecule has 0 aliphatic carbocycles. The number of aromatic nitrogens is 4. The van der Waals surface area contributed by atoms with Crippen molar-refractivity contribution in [1.29, 1.82) is 0 Å². The van der Waals surface area contributed by atoms with Gasteiger partial charge in [-0.3, -0.25) is 14.2 Å². The normalized spacial score (nSPS) is 11.7. The fourth-order valence-corrected chi connectivity index (χ4v) is 2.26. The van der Waals surface area contributed by atoms with Crippen LogP contribution in [0.4, 0.5) is 13.2 Å². The Morgan fingerprint density at radius 1 is 1.43 bits per heavy atom. The Labute approximate surface area is 138 Å². The summed E-state index contributed by atoms with van der Waals surface area (Å²) in [5, 5.41) is 10.1. The third-order valence-electron chi connectivity index (χ3n) is 3.05. The van der Waals surface area contributed by atoms with Crippen molar-refractivity contribution in [1.82, 2.24) is 24.9 Å². The summed E-state index contributed by atoms with van der Waals surface area (Å²) in [5.74, 6) is -0.383. The zero-order chi connectivity index (χ0) is 17.0. The predicted molar refractivity (Wildman–Crippen MR) is 79.5 cm³/mol. The average molecular weight is 394 g/mol. The van der Waals surface area contributed by atoms with Gasteiger partial charge in [0.2, 0.25) is 5.91 Å². The summed E-state index contributed by atoms with van der Waals surface area (Å²) in [6.07, 6.45) is -0.374. The molecule has 0 aliphatic rings. The molecule has 0 saturated carbocycles. The first kappa shape index (κ1) is 17.5. The summed E-state index contributed by atoms with van der Waals surface area (Å²) in [6, 6.07) is 0.919. The zero-order valence-corrected chi connectivity index (χ0v) is 13.9. The van der Waals surface area contributed by atoms with E-state index in [1.165, 1.54) is 6.92 Å². The number of amides is 1. The van der Waals surface area contributed by atoms with Crippen molar-refractivity contribution < 1.29 is 18.0 Å². The molecule has 0 unspecified atom stereocenters. The highest BCUT2D eigenvalue weighted by atomic mass is 79.9. The van der Waals surface area contributed by atoms with Gasteiger partial charge in [0.1, 0.15) is 6.54 Å². The minimum Gasteiger partial charge on any atom is -0.354 e. The number of nitrogens with one attached hydrogen (secondary N) is 1. The van der Waals surface area contributed by atoms with Gasteiger partial charge >= 0.3 is 6.18 Å². The van der Waals surface area contributed by atoms with Gasteiger partial charge in [-0.15, -0.1) is 0 Å². The van der Waals surface area contributed by atoms with Crippen molar-refractivity contribution in [2.75, 3.05) is 6.54 Å². The molecular weight excluding hydrogens is 379 g/mol. The van der Waals surface area contributed by atoms with Crippen molar-refractivity contribution in [2.24, 2.45) is 0 Å². The topological polar surface area (TPSA) is 64.7 Å². The molecule has 2 aromatic rings. The van der Waals surface area contributed by atoms with Crippen molar-refractivity contribution in [3.8, 4) is 0 Å². The van der Waals surface area contributed by atoms with Crippen LogP contribution in [0.25, 0.3) is 0 Å². The second-order valence-electron chi connectivity index (χ2n) is 4.95. The van der Waals surface area contributed by atoms with Crippen LogP contribution in [-0.2, 0) is 24.1 Å². The molecule has 0 spiro atoms. The number of alkyl halides is 3. The van der Waals surface area contributed by atoms with Gasteiger partial charge < -0.3 is 5.32 Å². The maximum atomic E-state index is 12.5. The van der Waals surface area contributed by atoms with Gasteiger partial charge in [-0.2, -0.15) is 23.4 Å². The van der Waals surface area contributed by atoms with Crippen molar-refractivity contribution in [3.63, 3.8) is 0 Å². The van der Waals surface area contributed by atoms with E-state index in [-0.39, 0.29) is 18.1 Å². The number of aryl methyl sites for hydroxylation is 2. The molecule has 2 heterocycles. The number of hydrogen-bond acceptors (Lipinski definition) is 3. The lowest BCUT2D eigenvalue weighted by Gasteiger charge is -2.07. The van der Waals surface area contributed by atoms with Crippen LogP contribution < -0.4 is 5.32 Å². The lowest BCUT2D eigenvalue weighted by molar-refractivity contribution is -0.141. The largest absolute Gasteiger partial charge is 0.435 e. The van der Waals surface area contributed by atoms with Crippen LogP contribution in [0.1, 0.15) is 17.8 Å². The number of rotatable bonds is 6. The van der Waals surface area contributed by atoms with Gasteiger partial charge in [0.15, 0.2) is 5.69 Å². The maximum absolute atomic E-state index is 12.5. The van der Waals surface area contributed by atoms with Gasteiger partial charge in [0, 0.05) is 25.0 Å². The smallest absolute Gasteiger partial charge is 0.354 e. The quantitative estimate of drug-likeness (QED) is 0.766. The number of hydrogen-bond donors (Lipinski definition) is 1. The first-order valence-electron chi connectivity index (χ1n) is 6.82. The van der Waals surface area contributed by atoms with E-state index in [0.29, 0.717) is 19.5 Å². The van der Waals surface area contributed by atoms with Crippen LogP contribution in [0.2, 0.25) is 0 Å². The average Bonchev–Trinajstić information content (AvgIpc) is 3.01. The molecule has 2 aromatic heterocycles. The highest BCUT2D eigenvalue weighted by Crippen LogP contribution is 2.28. The first-order chi connectivity index (χ1) is 10.8. The number of carbonyl (C=O) groups is 1. The van der Waals surface area contributed by atoms with E-state index in [0.717, 1.165) is 15.2 Å². The Balaban J connectivity index is 1.77. The monoisotopic (exact) mass is 393 g/mol. The summed E-state index contributed by atoms with van der Waals surface area (Å²) in [7, 11) is 0. The SMILES string of the molecule is Cc1cc(C(F)(F)F)nn1CC(=O)NCCCn1cc(Br)cn1. The third kappa shape index (κ3) is 5.08. The van der Waals surface area contributed by atoms with E-state index in [1.54, 1.807) is 10.9 Å². The van der Waals surface area contributed by atoms with Crippen molar-refractivity contribution in [3.05, 3.63) is 34.3 Å². The van der Waals surface area contributed by atoms with E-state index in [1.807, 2.05) is 6.20 Å². The minimum atomic E-state index is -4.51. The molecule has 0 bridgehead atoms. The fourth-order valence-electron chi connectivity index (χ4n) is 1.93. The Bertz CT molecular complexity index is 679. The molecule has 1 N–H and O–H groups in total. The van der Waals surface area contributed by atoms with Crippen LogP contribution in [-0.4, -0.2) is 32.0 Å². The molecular formula is C13H15BrF3N5O. The highest BCUT2D eigenvalue weighted by Gasteiger charge is 2.34. The van der Waals surface area contributed by atoms with Gasteiger partial charge in [-0.1, -0.05) is 0 Å². The molecule has 0 atom stereocenters. The first-order valence-corrected chi connectivity index (χ1v) is 7.61. The van der Waals surface area contributed by atoms with Gasteiger partial charge in [-0.25, -0.2) is 0 Å². The molecule has 10 heteroatoms. The van der Waals surface area contributed by atoms with E-state index in [9.17, 15) is 18.0 Å². The second-order valence-corrected chi connectivity index (χ2v) is 5.87. The summed E-state index contributed by atoms with van der Waals surface area (Å²) < 4.78 is 41.3. The molecule has 0 radical (unpaired) electrons. The second kappa shape index (κ2) is 7.16. The number of carbonyl (C=O) groups excluding carboxylic acids is 1. The molecule has 6 nitrogen and oxygen atoms in total. The number of halogens is 4. The summed E-state index contributed by atoms with van der Waals surface area (Å²) in [4.78, 5) is 11.8. The zero-order valence-electron chi connectivity index (χ0n) is 12.3. The van der Waals surface area contributed by atoms with Gasteiger partial charge in [0.25, 0.3) is 0 Å². The van der Waals surface area contributed by atoms with Crippen molar-refractivity contribution >= 4 is 21.8 Å². The lowest BCUT2D eigenvalue weighted by Crippen LogP contribution is -2.29. The molecule has 0 saturated heterocycles. The standard InChI is InChI=1S/C13H15BrF3N5O/c1-9-5-11(13(15,16)17)20-22(9)8-12(23)18-3-2-4-21-7-10(14)6-19-21/h5-7H,2-4,8H2,1H3,(H,18,23). The Morgan fingerprint density at radius 3 is 2.74 bits per heavy atom. The molecule has 0 aromatic carbocycles. The van der Waals surface area contributed by atoms with E-state index in [2.05, 4.69) is 31.4 Å². The van der Waals surface area contributed by atoms with E-state index in [4.69, 9.17) is 0 Å². The number of nitrogens with zero attached hydrogens (tertiary/aromatic N) is 4. The third-order valence-corrected chi connectivity index (χ3v) is 3.46. The molecule has 0 fully saturated rings.